The van der Waals surface area contributed by atoms with Crippen molar-refractivity contribution in [1.29, 1.82) is 0 Å². The highest BCUT2D eigenvalue weighted by atomic mass is 16.3. The number of para-hydroxylation sites is 1. The summed E-state index contributed by atoms with van der Waals surface area (Å²) in [7, 11) is 0. The lowest BCUT2D eigenvalue weighted by Crippen LogP contribution is -2.33. The molecule has 1 aromatic heterocycles. The second kappa shape index (κ2) is 12.7. The molecule has 1 atom stereocenters. The van der Waals surface area contributed by atoms with Gasteiger partial charge in [-0.05, 0) is 103 Å². The van der Waals surface area contributed by atoms with E-state index in [-0.39, 0.29) is 0 Å². The van der Waals surface area contributed by atoms with E-state index in [4.69, 9.17) is 14.4 Å². The average molecular weight is 704 g/mol. The van der Waals surface area contributed by atoms with Gasteiger partial charge in [0.25, 0.3) is 0 Å². The number of hydrogen-bond acceptors (Lipinski definition) is 4. The normalized spacial score (nSPS) is 14.4. The lowest BCUT2D eigenvalue weighted by Gasteiger charge is -2.25. The number of benzene rings is 9. The van der Waals surface area contributed by atoms with Crippen LogP contribution in [-0.2, 0) is 0 Å². The minimum Gasteiger partial charge on any atom is -0.456 e. The van der Waals surface area contributed by atoms with Crippen molar-refractivity contribution in [1.82, 2.24) is 5.32 Å². The van der Waals surface area contributed by atoms with E-state index in [9.17, 15) is 0 Å². The fraction of sp³-hybridized carbons (Fsp3) is 0.0196. The maximum absolute atomic E-state index is 6.59. The number of aliphatic imine (C=N–C) groups is 2. The topological polar surface area (TPSA) is 49.9 Å². The maximum atomic E-state index is 6.59. The number of hydrogen-bond donors (Lipinski definition) is 1. The zero-order chi connectivity index (χ0) is 36.3. The first kappa shape index (κ1) is 31.2. The Hall–Kier alpha value is -7.30. The minimum atomic E-state index is -0.392. The first-order valence-electron chi connectivity index (χ1n) is 18.7. The number of furan rings is 1. The summed E-state index contributed by atoms with van der Waals surface area (Å²) in [6.07, 6.45) is -0.392. The summed E-state index contributed by atoms with van der Waals surface area (Å²) in [5.41, 5.74) is 9.20. The van der Waals surface area contributed by atoms with Gasteiger partial charge in [-0.15, -0.1) is 0 Å². The van der Waals surface area contributed by atoms with Crippen molar-refractivity contribution in [3.8, 4) is 22.3 Å². The van der Waals surface area contributed by atoms with Crippen molar-refractivity contribution in [2.45, 2.75) is 6.17 Å². The van der Waals surface area contributed by atoms with E-state index < -0.39 is 6.17 Å². The standard InChI is InChI=1S/C51H33N3O/c1-2-10-32(11-3-1)38-22-19-35-21-25-41(29-42(35)28-38)50-52-49(40-24-20-34-13-5-7-15-37(34)27-40)53-51(54-50)45-30-43(39-23-18-33-12-4-6-14-36(33)26-39)31-47-48(45)44-16-8-9-17-46(44)55-47/h1-31,50H,(H,52,53,54). The molecule has 2 heterocycles. The third-order valence-corrected chi connectivity index (χ3v) is 10.9. The third-order valence-electron chi connectivity index (χ3n) is 10.9. The van der Waals surface area contributed by atoms with E-state index >= 15 is 0 Å². The van der Waals surface area contributed by atoms with Crippen LogP contribution in [0.1, 0.15) is 22.9 Å². The second-order valence-electron chi connectivity index (χ2n) is 14.3. The van der Waals surface area contributed by atoms with E-state index in [1.165, 1.54) is 32.7 Å². The fourth-order valence-corrected chi connectivity index (χ4v) is 8.04. The van der Waals surface area contributed by atoms with Gasteiger partial charge >= 0.3 is 0 Å². The summed E-state index contributed by atoms with van der Waals surface area (Å²) in [5.74, 6) is 1.43. The number of fused-ring (bicyclic) bond motifs is 6. The molecule has 0 spiro atoms. The highest BCUT2D eigenvalue weighted by Crippen LogP contribution is 2.38. The molecule has 0 aliphatic carbocycles. The molecule has 0 radical (unpaired) electrons. The Labute approximate surface area is 317 Å². The minimum absolute atomic E-state index is 0.392. The molecule has 1 aliphatic rings. The lowest BCUT2D eigenvalue weighted by atomic mass is 9.95. The Morgan fingerprint density at radius 2 is 1.02 bits per heavy atom. The van der Waals surface area contributed by atoms with Gasteiger partial charge in [0.2, 0.25) is 0 Å². The molecule has 0 bridgehead atoms. The van der Waals surface area contributed by atoms with Gasteiger partial charge in [-0.3, -0.25) is 0 Å². The maximum Gasteiger partial charge on any atom is 0.159 e. The lowest BCUT2D eigenvalue weighted by molar-refractivity contribution is 0.668. The molecule has 258 valence electrons. The molecule has 1 N–H and O–H groups in total. The first-order valence-corrected chi connectivity index (χ1v) is 18.7. The van der Waals surface area contributed by atoms with Crippen LogP contribution in [0.25, 0.3) is 76.5 Å². The Kier molecular flexibility index (Phi) is 7.20. The van der Waals surface area contributed by atoms with Crippen LogP contribution in [0.15, 0.2) is 202 Å². The summed E-state index contributed by atoms with van der Waals surface area (Å²) in [6, 6.07) is 66.5. The van der Waals surface area contributed by atoms with Gasteiger partial charge in [0.15, 0.2) is 5.84 Å². The van der Waals surface area contributed by atoms with Crippen LogP contribution >= 0.6 is 0 Å². The predicted molar refractivity (Wildman–Crippen MR) is 229 cm³/mol. The summed E-state index contributed by atoms with van der Waals surface area (Å²) in [5, 5.41) is 13.0. The Morgan fingerprint density at radius 3 is 1.80 bits per heavy atom. The molecule has 4 nitrogen and oxygen atoms in total. The van der Waals surface area contributed by atoms with Crippen LogP contribution in [0.5, 0.6) is 0 Å². The quantitative estimate of drug-likeness (QED) is 0.194. The molecule has 4 heteroatoms. The van der Waals surface area contributed by atoms with Crippen LogP contribution in [0, 0.1) is 0 Å². The summed E-state index contributed by atoms with van der Waals surface area (Å²) >= 11 is 0. The summed E-state index contributed by atoms with van der Waals surface area (Å²) in [6.45, 7) is 0. The van der Waals surface area contributed by atoms with Crippen molar-refractivity contribution in [3.63, 3.8) is 0 Å². The van der Waals surface area contributed by atoms with Crippen LogP contribution in [-0.4, -0.2) is 11.7 Å². The van der Waals surface area contributed by atoms with Crippen LogP contribution < -0.4 is 5.32 Å². The Bertz CT molecular complexity index is 3190. The van der Waals surface area contributed by atoms with E-state index in [1.807, 2.05) is 12.1 Å². The van der Waals surface area contributed by atoms with E-state index in [0.29, 0.717) is 5.84 Å². The van der Waals surface area contributed by atoms with Crippen molar-refractivity contribution in [3.05, 3.63) is 205 Å². The molecule has 55 heavy (non-hydrogen) atoms. The van der Waals surface area contributed by atoms with Crippen LogP contribution in [0.3, 0.4) is 0 Å². The number of rotatable bonds is 5. The van der Waals surface area contributed by atoms with Crippen LogP contribution in [0.4, 0.5) is 0 Å². The Balaban J connectivity index is 1.11. The average Bonchev–Trinajstić information content (AvgIpc) is 3.64. The third kappa shape index (κ3) is 5.55. The smallest absolute Gasteiger partial charge is 0.159 e. The molecule has 0 amide bonds. The molecule has 0 saturated heterocycles. The molecule has 0 saturated carbocycles. The van der Waals surface area contributed by atoms with Crippen molar-refractivity contribution in [2.75, 3.05) is 0 Å². The van der Waals surface area contributed by atoms with Crippen molar-refractivity contribution < 1.29 is 4.42 Å². The fourth-order valence-electron chi connectivity index (χ4n) is 8.04. The largest absolute Gasteiger partial charge is 0.456 e. The van der Waals surface area contributed by atoms with Crippen LogP contribution in [0.2, 0.25) is 0 Å². The number of nitrogens with one attached hydrogen (secondary N) is 1. The van der Waals surface area contributed by atoms with Gasteiger partial charge in [0, 0.05) is 21.9 Å². The SMILES string of the molecule is c1ccc(-c2ccc3ccc(C4N=C(c5ccc6ccccc6c5)N=C(c5cc(-c6ccc7ccccc7c6)cc6oc7ccccc7c56)N4)cc3c2)cc1. The molecule has 9 aromatic carbocycles. The molecule has 0 fully saturated rings. The highest BCUT2D eigenvalue weighted by Gasteiger charge is 2.25. The zero-order valence-electron chi connectivity index (χ0n) is 29.8. The van der Waals surface area contributed by atoms with Gasteiger partial charge in [-0.25, -0.2) is 9.98 Å². The van der Waals surface area contributed by atoms with Gasteiger partial charge < -0.3 is 9.73 Å². The van der Waals surface area contributed by atoms with Gasteiger partial charge in [-0.2, -0.15) is 0 Å². The van der Waals surface area contributed by atoms with Gasteiger partial charge in [0.05, 0.1) is 0 Å². The molecule has 1 unspecified atom stereocenters. The first-order chi connectivity index (χ1) is 27.2. The molecule has 10 aromatic rings. The highest BCUT2D eigenvalue weighted by molar-refractivity contribution is 6.23. The zero-order valence-corrected chi connectivity index (χ0v) is 29.8. The van der Waals surface area contributed by atoms with Crippen molar-refractivity contribution in [2.24, 2.45) is 9.98 Å². The summed E-state index contributed by atoms with van der Waals surface area (Å²) in [4.78, 5) is 10.7. The van der Waals surface area contributed by atoms with Gasteiger partial charge in [-0.1, -0.05) is 146 Å². The van der Waals surface area contributed by atoms with Crippen molar-refractivity contribution >= 4 is 65.9 Å². The predicted octanol–water partition coefficient (Wildman–Crippen LogP) is 12.9. The molecule has 1 aliphatic heterocycles. The monoisotopic (exact) mass is 703 g/mol. The number of amidine groups is 2. The van der Waals surface area contributed by atoms with E-state index in [0.717, 1.165) is 66.4 Å². The number of nitrogens with zero attached hydrogens (tertiary/aromatic N) is 2. The second-order valence-corrected chi connectivity index (χ2v) is 14.3. The van der Waals surface area contributed by atoms with E-state index in [2.05, 4.69) is 181 Å². The molecular weight excluding hydrogens is 671 g/mol. The Morgan fingerprint density at radius 1 is 0.418 bits per heavy atom. The van der Waals surface area contributed by atoms with E-state index in [1.54, 1.807) is 0 Å². The molecular formula is C51H33N3O. The van der Waals surface area contributed by atoms with Gasteiger partial charge in [0.1, 0.15) is 23.2 Å². The molecule has 11 rings (SSSR count). The summed E-state index contributed by atoms with van der Waals surface area (Å²) < 4.78 is 6.59.